The summed E-state index contributed by atoms with van der Waals surface area (Å²) in [5.74, 6) is 0.168. The molecular formula is C20H17NOS. The van der Waals surface area contributed by atoms with Crippen LogP contribution in [0.2, 0.25) is 0 Å². The highest BCUT2D eigenvalue weighted by Crippen LogP contribution is 2.45. The van der Waals surface area contributed by atoms with Crippen LogP contribution in [0.1, 0.15) is 22.8 Å². The van der Waals surface area contributed by atoms with Crippen molar-refractivity contribution in [3.05, 3.63) is 82.4 Å². The van der Waals surface area contributed by atoms with E-state index in [4.69, 9.17) is 0 Å². The first kappa shape index (κ1) is 14.3. The summed E-state index contributed by atoms with van der Waals surface area (Å²) in [6.07, 6.45) is 4.83. The molecule has 0 amide bonds. The molecule has 3 heteroatoms. The topological polar surface area (TPSA) is 20.3 Å². The average molecular weight is 319 g/mol. The van der Waals surface area contributed by atoms with Crippen LogP contribution in [0.4, 0.5) is 5.69 Å². The van der Waals surface area contributed by atoms with E-state index in [9.17, 15) is 4.79 Å². The zero-order valence-electron chi connectivity index (χ0n) is 13.0. The Morgan fingerprint density at radius 2 is 1.87 bits per heavy atom. The van der Waals surface area contributed by atoms with Crippen molar-refractivity contribution < 1.29 is 4.79 Å². The molecule has 0 spiro atoms. The number of anilines is 1. The van der Waals surface area contributed by atoms with Crippen molar-refractivity contribution in [3.8, 4) is 0 Å². The van der Waals surface area contributed by atoms with Crippen molar-refractivity contribution in [1.82, 2.24) is 0 Å². The van der Waals surface area contributed by atoms with E-state index in [1.807, 2.05) is 30.3 Å². The summed E-state index contributed by atoms with van der Waals surface area (Å²) in [7, 11) is 0. The highest BCUT2D eigenvalue weighted by Gasteiger charge is 2.25. The number of Topliss-reactive ketones (excluding diaryl/α,β-unsaturated/α-hetero) is 1. The fourth-order valence-electron chi connectivity index (χ4n) is 3.16. The van der Waals surface area contributed by atoms with Gasteiger partial charge in [-0.1, -0.05) is 54.2 Å². The molecule has 1 aliphatic heterocycles. The number of thioether (sulfide) groups is 1. The van der Waals surface area contributed by atoms with Crippen LogP contribution < -0.4 is 4.90 Å². The Balaban J connectivity index is 1.64. The normalized spacial score (nSPS) is 19.5. The number of ketones is 1. The molecule has 0 saturated carbocycles. The number of carbonyl (C=O) groups is 1. The van der Waals surface area contributed by atoms with Crippen LogP contribution in [-0.2, 0) is 6.42 Å². The molecular weight excluding hydrogens is 302 g/mol. The molecule has 1 heterocycles. The first-order valence-electron chi connectivity index (χ1n) is 7.86. The molecule has 0 radical (unpaired) electrons. The maximum atomic E-state index is 12.5. The third kappa shape index (κ3) is 2.41. The van der Waals surface area contributed by atoms with Crippen LogP contribution >= 0.6 is 11.8 Å². The summed E-state index contributed by atoms with van der Waals surface area (Å²) >= 11 is 1.77. The molecule has 0 unspecified atom stereocenters. The van der Waals surface area contributed by atoms with Crippen LogP contribution in [0.3, 0.4) is 0 Å². The minimum Gasteiger partial charge on any atom is -0.335 e. The van der Waals surface area contributed by atoms with Crippen molar-refractivity contribution in [2.24, 2.45) is 0 Å². The van der Waals surface area contributed by atoms with Gasteiger partial charge in [-0.05, 0) is 30.7 Å². The molecule has 2 nitrogen and oxygen atoms in total. The fourth-order valence-corrected chi connectivity index (χ4v) is 4.29. The molecule has 0 bridgehead atoms. The monoisotopic (exact) mass is 319 g/mol. The number of hydrogen-bond acceptors (Lipinski definition) is 3. The van der Waals surface area contributed by atoms with E-state index in [0.29, 0.717) is 0 Å². The highest BCUT2D eigenvalue weighted by atomic mass is 32.2. The van der Waals surface area contributed by atoms with Crippen LogP contribution in [0.25, 0.3) is 0 Å². The summed E-state index contributed by atoms with van der Waals surface area (Å²) in [4.78, 5) is 16.0. The number of rotatable bonds is 2. The predicted molar refractivity (Wildman–Crippen MR) is 96.0 cm³/mol. The van der Waals surface area contributed by atoms with Gasteiger partial charge < -0.3 is 4.90 Å². The molecule has 0 N–H and O–H groups in total. The van der Waals surface area contributed by atoms with Gasteiger partial charge in [0.2, 0.25) is 0 Å². The number of para-hydroxylation sites is 1. The average Bonchev–Trinajstić information content (AvgIpc) is 3.10. The van der Waals surface area contributed by atoms with E-state index < -0.39 is 0 Å². The van der Waals surface area contributed by atoms with Gasteiger partial charge in [-0.2, -0.15) is 0 Å². The molecule has 23 heavy (non-hydrogen) atoms. The van der Waals surface area contributed by atoms with Gasteiger partial charge in [0.15, 0.2) is 5.78 Å². The molecule has 0 atom stereocenters. The maximum Gasteiger partial charge on any atom is 0.189 e. The molecule has 2 aromatic rings. The van der Waals surface area contributed by atoms with Gasteiger partial charge in [0.25, 0.3) is 0 Å². The Labute approximate surface area is 140 Å². The number of carbonyl (C=O) groups excluding carboxylic acids is 1. The second-order valence-electron chi connectivity index (χ2n) is 5.67. The molecule has 0 saturated heterocycles. The lowest BCUT2D eigenvalue weighted by Gasteiger charge is -2.17. The number of allylic oxidation sites excluding steroid dienone is 3. The van der Waals surface area contributed by atoms with E-state index >= 15 is 0 Å². The highest BCUT2D eigenvalue weighted by molar-refractivity contribution is 8.03. The minimum atomic E-state index is 0.168. The molecule has 2 aromatic carbocycles. The first-order valence-corrected chi connectivity index (χ1v) is 8.67. The quantitative estimate of drug-likeness (QED) is 0.740. The Morgan fingerprint density at radius 3 is 2.70 bits per heavy atom. The van der Waals surface area contributed by atoms with Gasteiger partial charge in [-0.25, -0.2) is 0 Å². The SMILES string of the molecule is CCN1/C(=C/C=C2/Cc3ccccc3C2=O)Sc2ccccc21. The van der Waals surface area contributed by atoms with Crippen molar-refractivity contribution in [2.75, 3.05) is 11.4 Å². The van der Waals surface area contributed by atoms with Gasteiger partial charge in [-0.15, -0.1) is 0 Å². The summed E-state index contributed by atoms with van der Waals surface area (Å²) in [6.45, 7) is 3.08. The van der Waals surface area contributed by atoms with E-state index in [0.717, 1.165) is 29.7 Å². The van der Waals surface area contributed by atoms with E-state index in [2.05, 4.69) is 42.2 Å². The molecule has 2 aliphatic rings. The lowest BCUT2D eigenvalue weighted by atomic mass is 10.1. The molecule has 0 fully saturated rings. The van der Waals surface area contributed by atoms with E-state index in [1.54, 1.807) is 11.8 Å². The minimum absolute atomic E-state index is 0.168. The molecule has 4 rings (SSSR count). The van der Waals surface area contributed by atoms with Gasteiger partial charge in [0.05, 0.1) is 10.7 Å². The fraction of sp³-hybridized carbons (Fsp3) is 0.150. The van der Waals surface area contributed by atoms with Crippen LogP contribution in [0, 0.1) is 0 Å². The van der Waals surface area contributed by atoms with Crippen molar-refractivity contribution >= 4 is 23.2 Å². The third-order valence-electron chi connectivity index (χ3n) is 4.31. The summed E-state index contributed by atoms with van der Waals surface area (Å²) in [5, 5.41) is 1.19. The van der Waals surface area contributed by atoms with Crippen molar-refractivity contribution in [3.63, 3.8) is 0 Å². The standard InChI is InChI=1S/C20H17NOS/c1-2-21-17-9-5-6-10-18(17)23-19(21)12-11-15-13-14-7-3-4-8-16(14)20(15)22/h3-12H,2,13H2,1H3/b15-11-,19-12-. The molecule has 1 aliphatic carbocycles. The first-order chi connectivity index (χ1) is 11.3. The van der Waals surface area contributed by atoms with Crippen LogP contribution in [-0.4, -0.2) is 12.3 Å². The Hall–Kier alpha value is -2.26. The second-order valence-corrected chi connectivity index (χ2v) is 6.74. The van der Waals surface area contributed by atoms with Gasteiger partial charge in [0.1, 0.15) is 0 Å². The third-order valence-corrected chi connectivity index (χ3v) is 5.45. The van der Waals surface area contributed by atoms with Gasteiger partial charge >= 0.3 is 0 Å². The zero-order valence-corrected chi connectivity index (χ0v) is 13.8. The van der Waals surface area contributed by atoms with Gasteiger partial charge in [-0.3, -0.25) is 4.79 Å². The number of nitrogens with zero attached hydrogens (tertiary/aromatic N) is 1. The Morgan fingerprint density at radius 1 is 1.09 bits per heavy atom. The summed E-state index contributed by atoms with van der Waals surface area (Å²) < 4.78 is 0. The van der Waals surface area contributed by atoms with Crippen molar-refractivity contribution in [2.45, 2.75) is 18.2 Å². The number of benzene rings is 2. The molecule has 0 aromatic heterocycles. The van der Waals surface area contributed by atoms with Crippen molar-refractivity contribution in [1.29, 1.82) is 0 Å². The summed E-state index contributed by atoms with van der Waals surface area (Å²) in [6, 6.07) is 16.3. The van der Waals surface area contributed by atoms with Crippen LogP contribution in [0.15, 0.2) is 76.2 Å². The summed E-state index contributed by atoms with van der Waals surface area (Å²) in [5.41, 5.74) is 4.13. The second kappa shape index (κ2) is 5.74. The lowest BCUT2D eigenvalue weighted by molar-refractivity contribution is 0.103. The number of hydrogen-bond donors (Lipinski definition) is 0. The van der Waals surface area contributed by atoms with Gasteiger partial charge in [0, 0.05) is 29.0 Å². The lowest BCUT2D eigenvalue weighted by Crippen LogP contribution is -2.16. The largest absolute Gasteiger partial charge is 0.335 e. The van der Waals surface area contributed by atoms with E-state index in [-0.39, 0.29) is 5.78 Å². The predicted octanol–water partition coefficient (Wildman–Crippen LogP) is 4.83. The number of fused-ring (bicyclic) bond motifs is 2. The Kier molecular flexibility index (Phi) is 3.58. The zero-order chi connectivity index (χ0) is 15.8. The van der Waals surface area contributed by atoms with E-state index in [1.165, 1.54) is 15.6 Å². The molecule has 114 valence electrons. The van der Waals surface area contributed by atoms with Crippen LogP contribution in [0.5, 0.6) is 0 Å². The smallest absolute Gasteiger partial charge is 0.189 e. The Bertz CT molecular complexity index is 850. The maximum absolute atomic E-state index is 12.5.